The van der Waals surface area contributed by atoms with Crippen molar-refractivity contribution in [2.24, 2.45) is 11.8 Å². The van der Waals surface area contributed by atoms with E-state index in [-0.39, 0.29) is 5.92 Å². The van der Waals surface area contributed by atoms with Crippen molar-refractivity contribution < 1.29 is 15.0 Å². The number of aliphatic carboxylic acids is 1. The number of benzene rings is 1. The van der Waals surface area contributed by atoms with E-state index in [1.807, 2.05) is 19.1 Å². The molecule has 2 N–H and O–H groups in total. The standard InChI is InChI=1S/C13H17BrO3/c1-7(2)11(13(16)17)12(15)9-5-4-8(3)6-10(9)14/h4-7,11-12,15H,1-3H3,(H,16,17). The Kier molecular flexibility index (Phi) is 4.71. The summed E-state index contributed by atoms with van der Waals surface area (Å²) in [7, 11) is 0. The molecule has 0 radical (unpaired) electrons. The number of carbonyl (C=O) groups is 1. The van der Waals surface area contributed by atoms with Gasteiger partial charge in [-0.3, -0.25) is 4.79 Å². The molecule has 0 aliphatic heterocycles. The number of hydrogen-bond acceptors (Lipinski definition) is 2. The average Bonchev–Trinajstić information content (AvgIpc) is 2.15. The molecule has 0 aromatic heterocycles. The van der Waals surface area contributed by atoms with Gasteiger partial charge in [-0.25, -0.2) is 0 Å². The molecule has 0 spiro atoms. The first-order chi connectivity index (χ1) is 7.84. The number of halogens is 1. The van der Waals surface area contributed by atoms with Crippen LogP contribution in [0.25, 0.3) is 0 Å². The highest BCUT2D eigenvalue weighted by molar-refractivity contribution is 9.10. The third kappa shape index (κ3) is 3.30. The van der Waals surface area contributed by atoms with E-state index in [1.165, 1.54) is 0 Å². The van der Waals surface area contributed by atoms with Crippen LogP contribution < -0.4 is 0 Å². The predicted octanol–water partition coefficient (Wildman–Crippen LogP) is 3.15. The maximum Gasteiger partial charge on any atom is 0.309 e. The summed E-state index contributed by atoms with van der Waals surface area (Å²) in [6, 6.07) is 5.50. The quantitative estimate of drug-likeness (QED) is 0.898. The molecule has 17 heavy (non-hydrogen) atoms. The molecule has 2 atom stereocenters. The lowest BCUT2D eigenvalue weighted by Crippen LogP contribution is -2.27. The minimum absolute atomic E-state index is 0.129. The molecule has 94 valence electrons. The van der Waals surface area contributed by atoms with E-state index in [2.05, 4.69) is 15.9 Å². The number of rotatable bonds is 4. The molecule has 4 heteroatoms. The van der Waals surface area contributed by atoms with E-state index in [0.717, 1.165) is 10.0 Å². The molecule has 1 aromatic carbocycles. The second kappa shape index (κ2) is 5.65. The molecule has 0 saturated carbocycles. The van der Waals surface area contributed by atoms with Crippen LogP contribution in [0.4, 0.5) is 0 Å². The van der Waals surface area contributed by atoms with Crippen molar-refractivity contribution in [1.82, 2.24) is 0 Å². The fourth-order valence-corrected chi connectivity index (χ4v) is 2.58. The van der Waals surface area contributed by atoms with Crippen LogP contribution in [0.15, 0.2) is 22.7 Å². The van der Waals surface area contributed by atoms with E-state index in [0.29, 0.717) is 5.56 Å². The predicted molar refractivity (Wildman–Crippen MR) is 69.8 cm³/mol. The summed E-state index contributed by atoms with van der Waals surface area (Å²) in [6.45, 7) is 5.53. The normalized spacial score (nSPS) is 14.7. The van der Waals surface area contributed by atoms with Crippen LogP contribution >= 0.6 is 15.9 Å². The number of aliphatic hydroxyl groups is 1. The van der Waals surface area contributed by atoms with Gasteiger partial charge in [-0.1, -0.05) is 41.9 Å². The van der Waals surface area contributed by atoms with Crippen molar-refractivity contribution in [2.45, 2.75) is 26.9 Å². The van der Waals surface area contributed by atoms with Crippen LogP contribution in [-0.2, 0) is 4.79 Å². The smallest absolute Gasteiger partial charge is 0.309 e. The van der Waals surface area contributed by atoms with Crippen LogP contribution in [0.5, 0.6) is 0 Å². The van der Waals surface area contributed by atoms with Crippen molar-refractivity contribution in [2.75, 3.05) is 0 Å². The van der Waals surface area contributed by atoms with Gasteiger partial charge < -0.3 is 10.2 Å². The van der Waals surface area contributed by atoms with Crippen LogP contribution in [0.3, 0.4) is 0 Å². The Morgan fingerprint density at radius 3 is 2.35 bits per heavy atom. The number of hydrogen-bond donors (Lipinski definition) is 2. The van der Waals surface area contributed by atoms with Gasteiger partial charge in [0.05, 0.1) is 12.0 Å². The zero-order chi connectivity index (χ0) is 13.2. The maximum absolute atomic E-state index is 11.2. The molecule has 0 amide bonds. The van der Waals surface area contributed by atoms with Gasteiger partial charge in [0.1, 0.15) is 0 Å². The Morgan fingerprint density at radius 1 is 1.35 bits per heavy atom. The Morgan fingerprint density at radius 2 is 1.94 bits per heavy atom. The number of aliphatic hydroxyl groups excluding tert-OH is 1. The van der Waals surface area contributed by atoms with E-state index >= 15 is 0 Å². The summed E-state index contributed by atoms with van der Waals surface area (Å²) in [6.07, 6.45) is -0.998. The third-order valence-electron chi connectivity index (χ3n) is 2.82. The number of carboxylic acid groups (broad SMARTS) is 1. The summed E-state index contributed by atoms with van der Waals surface area (Å²) >= 11 is 3.36. The first kappa shape index (κ1) is 14.2. The maximum atomic E-state index is 11.2. The summed E-state index contributed by atoms with van der Waals surface area (Å²) in [4.78, 5) is 11.2. The van der Waals surface area contributed by atoms with Gasteiger partial charge in [-0.05, 0) is 30.0 Å². The van der Waals surface area contributed by atoms with Crippen LogP contribution in [0.2, 0.25) is 0 Å². The second-order valence-corrected chi connectivity index (χ2v) is 5.43. The zero-order valence-electron chi connectivity index (χ0n) is 10.1. The molecule has 0 saturated heterocycles. The lowest BCUT2D eigenvalue weighted by molar-refractivity contribution is -0.148. The average molecular weight is 301 g/mol. The molecule has 0 aliphatic carbocycles. The highest BCUT2D eigenvalue weighted by atomic mass is 79.9. The van der Waals surface area contributed by atoms with Gasteiger partial charge in [0, 0.05) is 4.47 Å². The van der Waals surface area contributed by atoms with Crippen LogP contribution in [0, 0.1) is 18.8 Å². The molecule has 3 nitrogen and oxygen atoms in total. The first-order valence-electron chi connectivity index (χ1n) is 5.51. The lowest BCUT2D eigenvalue weighted by atomic mass is 9.86. The molecule has 0 heterocycles. The monoisotopic (exact) mass is 300 g/mol. The molecule has 0 fully saturated rings. The number of aryl methyl sites for hydroxylation is 1. The SMILES string of the molecule is Cc1ccc(C(O)C(C(=O)O)C(C)C)c(Br)c1. The number of carboxylic acids is 1. The van der Waals surface area contributed by atoms with E-state index in [4.69, 9.17) is 5.11 Å². The topological polar surface area (TPSA) is 57.5 Å². The minimum atomic E-state index is -0.998. The van der Waals surface area contributed by atoms with Crippen molar-refractivity contribution in [3.8, 4) is 0 Å². The van der Waals surface area contributed by atoms with Crippen molar-refractivity contribution in [1.29, 1.82) is 0 Å². The van der Waals surface area contributed by atoms with Crippen LogP contribution in [0.1, 0.15) is 31.1 Å². The van der Waals surface area contributed by atoms with Gasteiger partial charge in [0.15, 0.2) is 0 Å². The Bertz CT molecular complexity index is 415. The lowest BCUT2D eigenvalue weighted by Gasteiger charge is -2.23. The first-order valence-corrected chi connectivity index (χ1v) is 6.30. The van der Waals surface area contributed by atoms with Gasteiger partial charge in [-0.2, -0.15) is 0 Å². The molecular formula is C13H17BrO3. The largest absolute Gasteiger partial charge is 0.481 e. The van der Waals surface area contributed by atoms with Gasteiger partial charge >= 0.3 is 5.97 Å². The molecule has 2 unspecified atom stereocenters. The van der Waals surface area contributed by atoms with Gasteiger partial charge in [-0.15, -0.1) is 0 Å². The van der Waals surface area contributed by atoms with Crippen molar-refractivity contribution in [3.05, 3.63) is 33.8 Å². The van der Waals surface area contributed by atoms with Gasteiger partial charge in [0.2, 0.25) is 0 Å². The van der Waals surface area contributed by atoms with Crippen molar-refractivity contribution >= 4 is 21.9 Å². The van der Waals surface area contributed by atoms with Crippen LogP contribution in [-0.4, -0.2) is 16.2 Å². The molecule has 1 aromatic rings. The van der Waals surface area contributed by atoms with Gasteiger partial charge in [0.25, 0.3) is 0 Å². The fourth-order valence-electron chi connectivity index (χ4n) is 1.85. The Hall–Kier alpha value is -0.870. The molecular weight excluding hydrogens is 284 g/mol. The zero-order valence-corrected chi connectivity index (χ0v) is 11.7. The van der Waals surface area contributed by atoms with E-state index in [9.17, 15) is 9.90 Å². The van der Waals surface area contributed by atoms with E-state index in [1.54, 1.807) is 19.9 Å². The molecule has 1 rings (SSSR count). The summed E-state index contributed by atoms with van der Waals surface area (Å²) < 4.78 is 0.747. The third-order valence-corrected chi connectivity index (χ3v) is 3.50. The van der Waals surface area contributed by atoms with E-state index < -0.39 is 18.0 Å². The molecule has 0 aliphatic rings. The van der Waals surface area contributed by atoms with Crippen molar-refractivity contribution in [3.63, 3.8) is 0 Å². The highest BCUT2D eigenvalue weighted by Gasteiger charge is 2.31. The Labute approximate surface area is 110 Å². The summed E-state index contributed by atoms with van der Waals surface area (Å²) in [5, 5.41) is 19.3. The highest BCUT2D eigenvalue weighted by Crippen LogP contribution is 2.33. The minimum Gasteiger partial charge on any atom is -0.481 e. The fraction of sp³-hybridized carbons (Fsp3) is 0.462. The molecule has 0 bridgehead atoms. The summed E-state index contributed by atoms with van der Waals surface area (Å²) in [5.41, 5.74) is 1.68. The Balaban J connectivity index is 3.09. The summed E-state index contributed by atoms with van der Waals surface area (Å²) in [5.74, 6) is -1.90. The second-order valence-electron chi connectivity index (χ2n) is 4.58.